The molecule has 11 heteroatoms. The third-order valence-electron chi connectivity index (χ3n) is 5.83. The topological polar surface area (TPSA) is 126 Å². The van der Waals surface area contributed by atoms with Gasteiger partial charge in [0.2, 0.25) is 10.0 Å². The number of imidazole rings is 1. The highest BCUT2D eigenvalue weighted by molar-refractivity contribution is 7.89. The zero-order valence-corrected chi connectivity index (χ0v) is 20.3. The number of nitrogens with zero attached hydrogens (tertiary/aromatic N) is 3. The van der Waals surface area contributed by atoms with Crippen molar-refractivity contribution in [3.8, 4) is 11.5 Å². The van der Waals surface area contributed by atoms with Crippen LogP contribution in [0.15, 0.2) is 60.0 Å². The van der Waals surface area contributed by atoms with E-state index in [2.05, 4.69) is 15.6 Å². The molecule has 3 aromatic rings. The Kier molecular flexibility index (Phi) is 7.57. The Morgan fingerprint density at radius 1 is 1.17 bits per heavy atom. The Labute approximate surface area is 204 Å². The van der Waals surface area contributed by atoms with Gasteiger partial charge in [-0.05, 0) is 48.7 Å². The monoisotopic (exact) mass is 499 g/mol. The molecule has 0 spiro atoms. The van der Waals surface area contributed by atoms with E-state index in [1.165, 1.54) is 23.5 Å². The Hall–Kier alpha value is -3.57. The number of amides is 1. The molecule has 0 atom stereocenters. The minimum absolute atomic E-state index is 0.0320. The fraction of sp³-hybridized carbons (Fsp3) is 0.333. The second-order valence-corrected chi connectivity index (χ2v) is 10.2. The van der Waals surface area contributed by atoms with Crippen molar-refractivity contribution in [2.24, 2.45) is 0 Å². The molecule has 0 aliphatic carbocycles. The van der Waals surface area contributed by atoms with Crippen LogP contribution >= 0.6 is 0 Å². The summed E-state index contributed by atoms with van der Waals surface area (Å²) in [5.74, 6) is 0.00941. The van der Waals surface area contributed by atoms with E-state index >= 15 is 0 Å². The standard InChI is InChI=1S/C24H29N5O5S/c1-34-23-12-18(4-5-22(23)30)16-27-20-13-19(24(31)26-7-11-28-10-6-25-17-28)14-21(15-20)35(32,33)29-8-2-3-9-29/h4-6,10,12-15,17,27,30H,2-3,7-9,11,16H2,1H3,(H,26,31). The molecule has 35 heavy (non-hydrogen) atoms. The quantitative estimate of drug-likeness (QED) is 0.391. The molecule has 186 valence electrons. The Morgan fingerprint density at radius 2 is 1.97 bits per heavy atom. The van der Waals surface area contributed by atoms with Crippen LogP contribution in [0.1, 0.15) is 28.8 Å². The van der Waals surface area contributed by atoms with Gasteiger partial charge in [0.15, 0.2) is 11.5 Å². The van der Waals surface area contributed by atoms with Crippen LogP contribution in [0.4, 0.5) is 5.69 Å². The van der Waals surface area contributed by atoms with Crippen LogP contribution in [0.2, 0.25) is 0 Å². The first-order valence-electron chi connectivity index (χ1n) is 11.4. The second-order valence-electron chi connectivity index (χ2n) is 8.27. The van der Waals surface area contributed by atoms with Crippen LogP contribution in [0, 0.1) is 0 Å². The Bertz CT molecular complexity index is 1270. The van der Waals surface area contributed by atoms with E-state index in [4.69, 9.17) is 4.74 Å². The van der Waals surface area contributed by atoms with E-state index in [-0.39, 0.29) is 22.1 Å². The number of ether oxygens (including phenoxy) is 1. The van der Waals surface area contributed by atoms with Gasteiger partial charge in [-0.2, -0.15) is 4.31 Å². The first-order valence-corrected chi connectivity index (χ1v) is 12.8. The molecule has 1 fully saturated rings. The number of sulfonamides is 1. The SMILES string of the molecule is COc1cc(CNc2cc(C(=O)NCCn3ccnc3)cc(S(=O)(=O)N3CCCC3)c2)ccc1O. The molecule has 1 saturated heterocycles. The molecular formula is C24H29N5O5S. The van der Waals surface area contributed by atoms with Gasteiger partial charge >= 0.3 is 0 Å². The minimum Gasteiger partial charge on any atom is -0.504 e. The van der Waals surface area contributed by atoms with Crippen LogP contribution in [-0.2, 0) is 23.1 Å². The highest BCUT2D eigenvalue weighted by Crippen LogP contribution is 2.28. The number of aromatic hydroxyl groups is 1. The molecule has 0 bridgehead atoms. The fourth-order valence-corrected chi connectivity index (χ4v) is 5.50. The largest absolute Gasteiger partial charge is 0.504 e. The summed E-state index contributed by atoms with van der Waals surface area (Å²) >= 11 is 0. The summed E-state index contributed by atoms with van der Waals surface area (Å²) in [7, 11) is -2.26. The van der Waals surface area contributed by atoms with Crippen LogP contribution in [0.5, 0.6) is 11.5 Å². The summed E-state index contributed by atoms with van der Waals surface area (Å²) in [5.41, 5.74) is 1.57. The zero-order chi connectivity index (χ0) is 24.8. The zero-order valence-electron chi connectivity index (χ0n) is 19.5. The van der Waals surface area contributed by atoms with Gasteiger partial charge in [-0.25, -0.2) is 13.4 Å². The van der Waals surface area contributed by atoms with Gasteiger partial charge in [-0.1, -0.05) is 6.07 Å². The number of hydrogen-bond donors (Lipinski definition) is 3. The number of hydrogen-bond acceptors (Lipinski definition) is 7. The van der Waals surface area contributed by atoms with E-state index in [0.29, 0.717) is 44.2 Å². The van der Waals surface area contributed by atoms with Gasteiger partial charge in [-0.15, -0.1) is 0 Å². The molecule has 3 N–H and O–H groups in total. The number of rotatable bonds is 10. The van der Waals surface area contributed by atoms with E-state index in [1.54, 1.807) is 43.0 Å². The van der Waals surface area contributed by atoms with E-state index in [0.717, 1.165) is 18.4 Å². The molecular weight excluding hydrogens is 470 g/mol. The normalized spacial score (nSPS) is 14.1. The summed E-state index contributed by atoms with van der Waals surface area (Å²) in [6.07, 6.45) is 6.77. The maximum atomic E-state index is 13.2. The summed E-state index contributed by atoms with van der Waals surface area (Å²) in [4.78, 5) is 17.0. The lowest BCUT2D eigenvalue weighted by atomic mass is 10.1. The molecule has 1 aliphatic rings. The predicted molar refractivity (Wildman–Crippen MR) is 131 cm³/mol. The summed E-state index contributed by atoms with van der Waals surface area (Å²) < 4.78 is 34.9. The van der Waals surface area contributed by atoms with Crippen molar-refractivity contribution in [1.82, 2.24) is 19.2 Å². The van der Waals surface area contributed by atoms with Crippen molar-refractivity contribution >= 4 is 21.6 Å². The Balaban J connectivity index is 1.56. The average molecular weight is 500 g/mol. The van der Waals surface area contributed by atoms with Gasteiger partial charge in [0.1, 0.15) is 0 Å². The minimum atomic E-state index is -3.72. The third kappa shape index (κ3) is 5.92. The van der Waals surface area contributed by atoms with Crippen molar-refractivity contribution in [3.05, 3.63) is 66.2 Å². The molecule has 1 amide bonds. The number of carbonyl (C=O) groups excluding carboxylic acids is 1. The summed E-state index contributed by atoms with van der Waals surface area (Å²) in [6.45, 7) is 2.20. The smallest absolute Gasteiger partial charge is 0.251 e. The summed E-state index contributed by atoms with van der Waals surface area (Å²) in [5, 5.41) is 15.8. The number of anilines is 1. The van der Waals surface area contributed by atoms with Crippen molar-refractivity contribution < 1.29 is 23.1 Å². The van der Waals surface area contributed by atoms with Crippen molar-refractivity contribution in [2.75, 3.05) is 32.1 Å². The first kappa shape index (κ1) is 24.6. The molecule has 10 nitrogen and oxygen atoms in total. The average Bonchev–Trinajstić information content (AvgIpc) is 3.58. The van der Waals surface area contributed by atoms with Gasteiger partial charge in [0, 0.05) is 56.4 Å². The highest BCUT2D eigenvalue weighted by atomic mass is 32.2. The number of benzene rings is 2. The molecule has 4 rings (SSSR count). The second kappa shape index (κ2) is 10.8. The van der Waals surface area contributed by atoms with Crippen molar-refractivity contribution in [2.45, 2.75) is 30.8 Å². The number of nitrogens with one attached hydrogen (secondary N) is 2. The van der Waals surface area contributed by atoms with Crippen molar-refractivity contribution in [1.29, 1.82) is 0 Å². The number of methoxy groups -OCH3 is 1. The highest BCUT2D eigenvalue weighted by Gasteiger charge is 2.28. The van der Waals surface area contributed by atoms with Crippen LogP contribution in [0.3, 0.4) is 0 Å². The molecule has 0 saturated carbocycles. The lowest BCUT2D eigenvalue weighted by Crippen LogP contribution is -2.29. The third-order valence-corrected chi connectivity index (χ3v) is 7.70. The Morgan fingerprint density at radius 3 is 2.69 bits per heavy atom. The van der Waals surface area contributed by atoms with E-state index in [1.807, 2.05) is 4.57 Å². The van der Waals surface area contributed by atoms with Gasteiger partial charge < -0.3 is 25.0 Å². The van der Waals surface area contributed by atoms with Crippen molar-refractivity contribution in [3.63, 3.8) is 0 Å². The number of phenols is 1. The fourth-order valence-electron chi connectivity index (χ4n) is 3.91. The number of carbonyl (C=O) groups is 1. The lowest BCUT2D eigenvalue weighted by Gasteiger charge is -2.18. The molecule has 0 radical (unpaired) electrons. The van der Waals surface area contributed by atoms with Gasteiger partial charge in [0.05, 0.1) is 18.3 Å². The van der Waals surface area contributed by atoms with Crippen LogP contribution in [0.25, 0.3) is 0 Å². The maximum Gasteiger partial charge on any atom is 0.251 e. The van der Waals surface area contributed by atoms with Crippen LogP contribution < -0.4 is 15.4 Å². The number of aromatic nitrogens is 2. The number of phenolic OH excluding ortho intramolecular Hbond substituents is 1. The molecule has 2 aromatic carbocycles. The molecule has 0 unspecified atom stereocenters. The van der Waals surface area contributed by atoms with E-state index in [9.17, 15) is 18.3 Å². The predicted octanol–water partition coefficient (Wildman–Crippen LogP) is 2.42. The first-order chi connectivity index (χ1) is 16.9. The molecule has 1 aliphatic heterocycles. The molecule has 2 heterocycles. The maximum absolute atomic E-state index is 13.2. The lowest BCUT2D eigenvalue weighted by molar-refractivity contribution is 0.0952. The van der Waals surface area contributed by atoms with Crippen LogP contribution in [-0.4, -0.2) is 60.0 Å². The molecule has 1 aromatic heterocycles. The van der Waals surface area contributed by atoms with E-state index < -0.39 is 10.0 Å². The van der Waals surface area contributed by atoms with Gasteiger partial charge in [0.25, 0.3) is 5.91 Å². The van der Waals surface area contributed by atoms with Gasteiger partial charge in [-0.3, -0.25) is 4.79 Å². The summed E-state index contributed by atoms with van der Waals surface area (Å²) in [6, 6.07) is 9.56.